The molecular weight excluding hydrogens is 278 g/mol. The van der Waals surface area contributed by atoms with Gasteiger partial charge in [-0.3, -0.25) is 9.48 Å². The Balaban J connectivity index is 1.91. The standard InChI is InChI=1S/C13H15N3O3S/c1-16-8-9(7-14-16)3-4-11(17)15-12-10(5-6-20-12)13(18)19-2/h5-8H,3-4H2,1-2H3,(H,15,17). The molecule has 0 saturated heterocycles. The Morgan fingerprint density at radius 3 is 2.95 bits per heavy atom. The van der Waals surface area contributed by atoms with Crippen LogP contribution in [-0.2, 0) is 23.0 Å². The minimum Gasteiger partial charge on any atom is -0.465 e. The molecule has 0 atom stereocenters. The molecule has 0 saturated carbocycles. The van der Waals surface area contributed by atoms with Gasteiger partial charge < -0.3 is 10.1 Å². The zero-order chi connectivity index (χ0) is 14.5. The summed E-state index contributed by atoms with van der Waals surface area (Å²) in [7, 11) is 3.14. The van der Waals surface area contributed by atoms with Gasteiger partial charge in [0, 0.05) is 19.7 Å². The summed E-state index contributed by atoms with van der Waals surface area (Å²) in [6, 6.07) is 1.63. The number of methoxy groups -OCH3 is 1. The number of ether oxygens (including phenoxy) is 1. The molecule has 0 aliphatic heterocycles. The highest BCUT2D eigenvalue weighted by molar-refractivity contribution is 7.14. The van der Waals surface area contributed by atoms with E-state index in [4.69, 9.17) is 0 Å². The number of carbonyl (C=O) groups excluding carboxylic acids is 2. The molecule has 2 aromatic rings. The van der Waals surface area contributed by atoms with Crippen LogP contribution in [0.15, 0.2) is 23.8 Å². The molecule has 7 heteroatoms. The first-order valence-corrected chi connectivity index (χ1v) is 6.91. The monoisotopic (exact) mass is 293 g/mol. The lowest BCUT2D eigenvalue weighted by Crippen LogP contribution is -2.14. The molecule has 1 N–H and O–H groups in total. The fraction of sp³-hybridized carbons (Fsp3) is 0.308. The van der Waals surface area contributed by atoms with E-state index < -0.39 is 5.97 Å². The van der Waals surface area contributed by atoms with Crippen molar-refractivity contribution in [1.82, 2.24) is 9.78 Å². The summed E-state index contributed by atoms with van der Waals surface area (Å²) in [5.41, 5.74) is 1.38. The third kappa shape index (κ3) is 3.45. The summed E-state index contributed by atoms with van der Waals surface area (Å²) >= 11 is 1.30. The van der Waals surface area contributed by atoms with Crippen LogP contribution in [0.4, 0.5) is 5.00 Å². The van der Waals surface area contributed by atoms with Crippen molar-refractivity contribution in [1.29, 1.82) is 0 Å². The summed E-state index contributed by atoms with van der Waals surface area (Å²) < 4.78 is 6.35. The predicted molar refractivity (Wildman–Crippen MR) is 75.8 cm³/mol. The largest absolute Gasteiger partial charge is 0.465 e. The van der Waals surface area contributed by atoms with Crippen molar-refractivity contribution in [2.75, 3.05) is 12.4 Å². The first-order valence-electron chi connectivity index (χ1n) is 6.03. The second-order valence-corrected chi connectivity index (χ2v) is 5.14. The van der Waals surface area contributed by atoms with Crippen LogP contribution in [0.2, 0.25) is 0 Å². The fourth-order valence-electron chi connectivity index (χ4n) is 1.72. The second kappa shape index (κ2) is 6.33. The van der Waals surface area contributed by atoms with Gasteiger partial charge in [-0.2, -0.15) is 5.10 Å². The Bertz CT molecular complexity index is 618. The number of aromatic nitrogens is 2. The number of amides is 1. The molecule has 2 aromatic heterocycles. The quantitative estimate of drug-likeness (QED) is 0.854. The Labute approximate surface area is 120 Å². The van der Waals surface area contributed by atoms with Gasteiger partial charge in [0.05, 0.1) is 18.9 Å². The van der Waals surface area contributed by atoms with E-state index in [1.165, 1.54) is 18.4 Å². The van der Waals surface area contributed by atoms with Crippen LogP contribution in [0, 0.1) is 0 Å². The number of thiophene rings is 1. The van der Waals surface area contributed by atoms with E-state index in [0.29, 0.717) is 23.4 Å². The van der Waals surface area contributed by atoms with Crippen LogP contribution in [0.1, 0.15) is 22.3 Å². The van der Waals surface area contributed by atoms with Crippen molar-refractivity contribution in [3.05, 3.63) is 35.0 Å². The number of hydrogen-bond donors (Lipinski definition) is 1. The van der Waals surface area contributed by atoms with Gasteiger partial charge in [-0.25, -0.2) is 4.79 Å². The molecule has 0 aromatic carbocycles. The average Bonchev–Trinajstić information content (AvgIpc) is 3.04. The van der Waals surface area contributed by atoms with Gasteiger partial charge in [-0.15, -0.1) is 11.3 Å². The van der Waals surface area contributed by atoms with E-state index in [-0.39, 0.29) is 5.91 Å². The van der Waals surface area contributed by atoms with Gasteiger partial charge in [-0.1, -0.05) is 0 Å². The maximum Gasteiger partial charge on any atom is 0.340 e. The number of hydrogen-bond acceptors (Lipinski definition) is 5. The lowest BCUT2D eigenvalue weighted by atomic mass is 10.2. The SMILES string of the molecule is COC(=O)c1ccsc1NC(=O)CCc1cnn(C)c1. The topological polar surface area (TPSA) is 73.2 Å². The first kappa shape index (κ1) is 14.3. The maximum atomic E-state index is 11.9. The summed E-state index contributed by atoms with van der Waals surface area (Å²) in [5, 5.41) is 9.04. The van der Waals surface area contributed by atoms with Gasteiger partial charge in [0.2, 0.25) is 5.91 Å². The Morgan fingerprint density at radius 2 is 2.30 bits per heavy atom. The van der Waals surface area contributed by atoms with Crippen LogP contribution >= 0.6 is 11.3 Å². The molecule has 0 aliphatic carbocycles. The fourth-order valence-corrected chi connectivity index (χ4v) is 2.52. The molecule has 2 rings (SSSR count). The second-order valence-electron chi connectivity index (χ2n) is 4.23. The zero-order valence-electron chi connectivity index (χ0n) is 11.3. The number of esters is 1. The van der Waals surface area contributed by atoms with E-state index in [0.717, 1.165) is 5.56 Å². The van der Waals surface area contributed by atoms with E-state index in [1.54, 1.807) is 22.3 Å². The molecule has 6 nitrogen and oxygen atoms in total. The van der Waals surface area contributed by atoms with E-state index in [2.05, 4.69) is 15.2 Å². The third-order valence-corrected chi connectivity index (χ3v) is 3.55. The van der Waals surface area contributed by atoms with E-state index >= 15 is 0 Å². The Kier molecular flexibility index (Phi) is 4.52. The van der Waals surface area contributed by atoms with Crippen molar-refractivity contribution in [3.8, 4) is 0 Å². The Hall–Kier alpha value is -2.15. The van der Waals surface area contributed by atoms with Crippen molar-refractivity contribution in [2.24, 2.45) is 7.05 Å². The molecule has 0 bridgehead atoms. The molecule has 0 aliphatic rings. The minimum atomic E-state index is -0.450. The van der Waals surface area contributed by atoms with Crippen molar-refractivity contribution < 1.29 is 14.3 Å². The normalized spacial score (nSPS) is 10.3. The van der Waals surface area contributed by atoms with Crippen LogP contribution < -0.4 is 5.32 Å². The predicted octanol–water partition coefficient (Wildman–Crippen LogP) is 1.84. The molecule has 20 heavy (non-hydrogen) atoms. The molecule has 106 valence electrons. The average molecular weight is 293 g/mol. The maximum absolute atomic E-state index is 11.9. The molecule has 1 amide bonds. The van der Waals surface area contributed by atoms with Gasteiger partial charge in [-0.05, 0) is 23.4 Å². The van der Waals surface area contributed by atoms with Crippen molar-refractivity contribution in [3.63, 3.8) is 0 Å². The summed E-state index contributed by atoms with van der Waals surface area (Å²) in [5.74, 6) is -0.588. The third-order valence-electron chi connectivity index (χ3n) is 2.72. The lowest BCUT2D eigenvalue weighted by molar-refractivity contribution is -0.116. The number of rotatable bonds is 5. The summed E-state index contributed by atoms with van der Waals surface area (Å²) in [6.45, 7) is 0. The van der Waals surface area contributed by atoms with Crippen LogP contribution in [-0.4, -0.2) is 28.8 Å². The van der Waals surface area contributed by atoms with Crippen LogP contribution in [0.3, 0.4) is 0 Å². The summed E-state index contributed by atoms with van der Waals surface area (Å²) in [4.78, 5) is 23.4. The van der Waals surface area contributed by atoms with Crippen LogP contribution in [0.25, 0.3) is 0 Å². The lowest BCUT2D eigenvalue weighted by Gasteiger charge is -2.04. The first-order chi connectivity index (χ1) is 9.60. The van der Waals surface area contributed by atoms with Gasteiger partial charge in [0.15, 0.2) is 0 Å². The molecular formula is C13H15N3O3S. The van der Waals surface area contributed by atoms with Crippen molar-refractivity contribution >= 4 is 28.2 Å². The molecule has 0 spiro atoms. The molecule has 2 heterocycles. The highest BCUT2D eigenvalue weighted by Crippen LogP contribution is 2.24. The number of carbonyl (C=O) groups is 2. The van der Waals surface area contributed by atoms with E-state index in [1.807, 2.05) is 13.2 Å². The van der Waals surface area contributed by atoms with Gasteiger partial charge in [0.1, 0.15) is 5.00 Å². The number of anilines is 1. The van der Waals surface area contributed by atoms with Crippen LogP contribution in [0.5, 0.6) is 0 Å². The number of nitrogens with zero attached hydrogens (tertiary/aromatic N) is 2. The van der Waals surface area contributed by atoms with E-state index in [9.17, 15) is 9.59 Å². The summed E-state index contributed by atoms with van der Waals surface area (Å²) in [6.07, 6.45) is 4.55. The molecule has 0 radical (unpaired) electrons. The number of aryl methyl sites for hydroxylation is 2. The number of nitrogens with one attached hydrogen (secondary N) is 1. The Morgan fingerprint density at radius 1 is 1.50 bits per heavy atom. The smallest absolute Gasteiger partial charge is 0.340 e. The van der Waals surface area contributed by atoms with Gasteiger partial charge in [0.25, 0.3) is 0 Å². The minimum absolute atomic E-state index is 0.138. The molecule has 0 fully saturated rings. The highest BCUT2D eigenvalue weighted by atomic mass is 32.1. The zero-order valence-corrected chi connectivity index (χ0v) is 12.1. The highest BCUT2D eigenvalue weighted by Gasteiger charge is 2.15. The van der Waals surface area contributed by atoms with Crippen molar-refractivity contribution in [2.45, 2.75) is 12.8 Å². The molecule has 0 unspecified atom stereocenters. The van der Waals surface area contributed by atoms with Gasteiger partial charge >= 0.3 is 5.97 Å².